The van der Waals surface area contributed by atoms with Crippen molar-refractivity contribution < 1.29 is 9.53 Å². The maximum Gasteiger partial charge on any atom is 0.234 e. The Morgan fingerprint density at radius 2 is 1.82 bits per heavy atom. The van der Waals surface area contributed by atoms with Gasteiger partial charge in [-0.15, -0.1) is 10.2 Å². The number of ether oxygens (including phenoxy) is 1. The van der Waals surface area contributed by atoms with Gasteiger partial charge in [0.2, 0.25) is 5.91 Å². The molecule has 0 fully saturated rings. The van der Waals surface area contributed by atoms with Crippen molar-refractivity contribution in [3.05, 3.63) is 62.5 Å². The van der Waals surface area contributed by atoms with E-state index in [4.69, 9.17) is 4.74 Å². The first kappa shape index (κ1) is 26.5. The minimum absolute atomic E-state index is 0.0575. The number of rotatable bonds is 10. The van der Waals surface area contributed by atoms with Crippen LogP contribution in [0.3, 0.4) is 0 Å². The Kier molecular flexibility index (Phi) is 9.41. The van der Waals surface area contributed by atoms with E-state index in [9.17, 15) is 4.79 Å². The van der Waals surface area contributed by atoms with E-state index >= 15 is 0 Å². The molecule has 34 heavy (non-hydrogen) atoms. The van der Waals surface area contributed by atoms with Crippen LogP contribution >= 0.6 is 34.4 Å². The van der Waals surface area contributed by atoms with Gasteiger partial charge in [0, 0.05) is 15.8 Å². The third-order valence-electron chi connectivity index (χ3n) is 5.50. The van der Waals surface area contributed by atoms with Gasteiger partial charge < -0.3 is 14.6 Å². The maximum absolute atomic E-state index is 12.7. The molecule has 0 spiro atoms. The number of thioether (sulfide) groups is 1. The fourth-order valence-corrected chi connectivity index (χ4v) is 5.01. The monoisotopic (exact) mass is 592 g/mol. The summed E-state index contributed by atoms with van der Waals surface area (Å²) in [5.41, 5.74) is 4.34. The molecular weight excluding hydrogens is 559 g/mol. The summed E-state index contributed by atoms with van der Waals surface area (Å²) in [6, 6.07) is 12.4. The van der Waals surface area contributed by atoms with Gasteiger partial charge in [-0.2, -0.15) is 0 Å². The molecule has 0 aliphatic heterocycles. The topological polar surface area (TPSA) is 69.0 Å². The van der Waals surface area contributed by atoms with Crippen LogP contribution in [0.1, 0.15) is 69.0 Å². The van der Waals surface area contributed by atoms with E-state index in [1.54, 1.807) is 0 Å². The van der Waals surface area contributed by atoms with Crippen molar-refractivity contribution in [1.82, 2.24) is 14.8 Å². The van der Waals surface area contributed by atoms with E-state index in [0.717, 1.165) is 37.1 Å². The average molecular weight is 593 g/mol. The van der Waals surface area contributed by atoms with Gasteiger partial charge in [-0.1, -0.05) is 51.6 Å². The van der Waals surface area contributed by atoms with Crippen LogP contribution in [-0.4, -0.2) is 26.4 Å². The van der Waals surface area contributed by atoms with E-state index in [2.05, 4.69) is 97.0 Å². The quantitative estimate of drug-likeness (QED) is 0.208. The summed E-state index contributed by atoms with van der Waals surface area (Å²) in [4.78, 5) is 12.7. The Morgan fingerprint density at radius 1 is 1.09 bits per heavy atom. The van der Waals surface area contributed by atoms with Crippen molar-refractivity contribution in [1.29, 1.82) is 0 Å². The normalized spacial score (nSPS) is 11.3. The van der Waals surface area contributed by atoms with Crippen LogP contribution in [-0.2, 0) is 17.9 Å². The van der Waals surface area contributed by atoms with Crippen molar-refractivity contribution in [2.75, 3.05) is 11.1 Å². The maximum atomic E-state index is 12.7. The second-order valence-corrected chi connectivity index (χ2v) is 11.0. The minimum atomic E-state index is -0.0575. The Labute approximate surface area is 220 Å². The molecule has 2 aromatic carbocycles. The summed E-state index contributed by atoms with van der Waals surface area (Å²) in [6.45, 7) is 13.7. The Hall–Kier alpha value is -2.07. The number of carbonyl (C=O) groups is 1. The zero-order chi connectivity index (χ0) is 24.8. The number of carbonyl (C=O) groups excluding carboxylic acids is 1. The number of anilines is 1. The van der Waals surface area contributed by atoms with Crippen LogP contribution in [0.4, 0.5) is 5.69 Å². The average Bonchev–Trinajstić information content (AvgIpc) is 3.18. The number of hydrogen-bond donors (Lipinski definition) is 1. The van der Waals surface area contributed by atoms with Crippen molar-refractivity contribution in [2.45, 2.75) is 71.7 Å². The molecule has 0 unspecified atom stereocenters. The molecule has 6 nitrogen and oxygen atoms in total. The largest absolute Gasteiger partial charge is 0.485 e. The molecular formula is C26H33IN4O2S. The van der Waals surface area contributed by atoms with Crippen molar-refractivity contribution >= 4 is 45.9 Å². The lowest BCUT2D eigenvalue weighted by Crippen LogP contribution is -2.16. The van der Waals surface area contributed by atoms with Crippen LogP contribution in [0.25, 0.3) is 0 Å². The smallest absolute Gasteiger partial charge is 0.234 e. The zero-order valence-corrected chi connectivity index (χ0v) is 23.7. The zero-order valence-electron chi connectivity index (χ0n) is 20.7. The van der Waals surface area contributed by atoms with Crippen molar-refractivity contribution in [3.8, 4) is 5.75 Å². The second kappa shape index (κ2) is 12.1. The highest BCUT2D eigenvalue weighted by atomic mass is 127. The number of nitrogens with one attached hydrogen (secondary N) is 1. The fourth-order valence-electron chi connectivity index (χ4n) is 3.68. The molecule has 0 atom stereocenters. The van der Waals surface area contributed by atoms with E-state index in [0.29, 0.717) is 25.0 Å². The highest BCUT2D eigenvalue weighted by Crippen LogP contribution is 2.29. The Balaban J connectivity index is 1.65. The molecule has 0 saturated carbocycles. The number of amides is 1. The van der Waals surface area contributed by atoms with Crippen LogP contribution in [0.2, 0.25) is 0 Å². The summed E-state index contributed by atoms with van der Waals surface area (Å²) in [5, 5.41) is 12.4. The van der Waals surface area contributed by atoms with Gasteiger partial charge in [-0.25, -0.2) is 0 Å². The minimum Gasteiger partial charge on any atom is -0.485 e. The summed E-state index contributed by atoms with van der Waals surface area (Å²) in [5.74, 6) is 2.53. The SMILES string of the molecule is CCn1c(COc2cc(C)ccc2C(C)C)nnc1SCC(=O)Nc1ccc(I)cc1C(C)C. The summed E-state index contributed by atoms with van der Waals surface area (Å²) >= 11 is 3.68. The molecule has 0 saturated heterocycles. The lowest BCUT2D eigenvalue weighted by Gasteiger charge is -2.15. The van der Waals surface area contributed by atoms with Gasteiger partial charge in [-0.05, 0) is 89.2 Å². The van der Waals surface area contributed by atoms with Gasteiger partial charge in [0.25, 0.3) is 0 Å². The van der Waals surface area contributed by atoms with E-state index in [1.165, 1.54) is 17.3 Å². The number of hydrogen-bond acceptors (Lipinski definition) is 5. The Bertz CT molecular complexity index is 1140. The van der Waals surface area contributed by atoms with Gasteiger partial charge in [0.1, 0.15) is 12.4 Å². The fraction of sp³-hybridized carbons (Fsp3) is 0.423. The number of halogens is 1. The van der Waals surface area contributed by atoms with E-state index in [1.807, 2.05) is 23.6 Å². The first-order valence-electron chi connectivity index (χ1n) is 11.6. The molecule has 0 bridgehead atoms. The highest BCUT2D eigenvalue weighted by Gasteiger charge is 2.16. The van der Waals surface area contributed by atoms with Crippen LogP contribution in [0, 0.1) is 10.5 Å². The lowest BCUT2D eigenvalue weighted by atomic mass is 10.0. The number of aromatic nitrogens is 3. The molecule has 8 heteroatoms. The molecule has 3 aromatic rings. The third kappa shape index (κ3) is 6.75. The molecule has 0 aliphatic carbocycles. The molecule has 1 amide bonds. The predicted molar refractivity (Wildman–Crippen MR) is 148 cm³/mol. The van der Waals surface area contributed by atoms with Crippen LogP contribution in [0.15, 0.2) is 41.6 Å². The number of aryl methyl sites for hydroxylation is 1. The molecule has 1 heterocycles. The highest BCUT2D eigenvalue weighted by molar-refractivity contribution is 14.1. The lowest BCUT2D eigenvalue weighted by molar-refractivity contribution is -0.113. The van der Waals surface area contributed by atoms with Crippen molar-refractivity contribution in [3.63, 3.8) is 0 Å². The van der Waals surface area contributed by atoms with Crippen molar-refractivity contribution in [2.24, 2.45) is 0 Å². The van der Waals surface area contributed by atoms with E-state index in [-0.39, 0.29) is 11.7 Å². The predicted octanol–water partition coefficient (Wildman–Crippen LogP) is 6.77. The number of benzene rings is 2. The van der Waals surface area contributed by atoms with Gasteiger partial charge in [0.05, 0.1) is 5.75 Å². The molecule has 3 rings (SSSR count). The molecule has 0 aliphatic rings. The van der Waals surface area contributed by atoms with Crippen LogP contribution in [0.5, 0.6) is 5.75 Å². The molecule has 182 valence electrons. The standard InChI is InChI=1S/C26H33IN4O2S/c1-7-31-24(14-33-23-12-18(6)8-10-20(23)16(2)3)29-30-26(31)34-15-25(32)28-22-11-9-19(27)13-21(22)17(4)5/h8-13,16-17H,7,14-15H2,1-6H3,(H,28,32). The number of nitrogens with zero attached hydrogens (tertiary/aromatic N) is 3. The van der Waals surface area contributed by atoms with Gasteiger partial charge in [-0.3, -0.25) is 4.79 Å². The van der Waals surface area contributed by atoms with Gasteiger partial charge in [0.15, 0.2) is 11.0 Å². The molecule has 1 aromatic heterocycles. The first-order valence-corrected chi connectivity index (χ1v) is 13.6. The summed E-state index contributed by atoms with van der Waals surface area (Å²) in [6.07, 6.45) is 0. The molecule has 1 N–H and O–H groups in total. The Morgan fingerprint density at radius 3 is 2.50 bits per heavy atom. The van der Waals surface area contributed by atoms with E-state index < -0.39 is 0 Å². The third-order valence-corrected chi connectivity index (χ3v) is 7.14. The summed E-state index contributed by atoms with van der Waals surface area (Å²) in [7, 11) is 0. The van der Waals surface area contributed by atoms with Gasteiger partial charge >= 0.3 is 0 Å². The summed E-state index contributed by atoms with van der Waals surface area (Å²) < 4.78 is 9.32. The second-order valence-electron chi connectivity index (χ2n) is 8.85. The van der Waals surface area contributed by atoms with Crippen LogP contribution < -0.4 is 10.1 Å². The molecule has 0 radical (unpaired) electrons. The first-order chi connectivity index (χ1) is 16.2.